The highest BCUT2D eigenvalue weighted by Gasteiger charge is 2.11. The van der Waals surface area contributed by atoms with Crippen molar-refractivity contribution < 1.29 is 14.2 Å². The highest BCUT2D eigenvalue weighted by molar-refractivity contribution is 9.10. The molecule has 1 N–H and O–H groups in total. The molecular weight excluding hydrogens is 400 g/mol. The van der Waals surface area contributed by atoms with Crippen LogP contribution in [0.5, 0.6) is 11.5 Å². The van der Waals surface area contributed by atoms with Crippen molar-refractivity contribution in [3.63, 3.8) is 0 Å². The fraction of sp³-hybridized carbons (Fsp3) is 0.278. The van der Waals surface area contributed by atoms with Gasteiger partial charge in [0.2, 0.25) is 0 Å². The Hall–Kier alpha value is -2.63. The molecule has 2 aromatic rings. The summed E-state index contributed by atoms with van der Waals surface area (Å²) in [4.78, 5) is 4.34. The molecule has 0 atom stereocenters. The van der Waals surface area contributed by atoms with Crippen molar-refractivity contribution in [2.24, 2.45) is 5.10 Å². The lowest BCUT2D eigenvalue weighted by Gasteiger charge is -2.10. The second-order valence-electron chi connectivity index (χ2n) is 5.29. The van der Waals surface area contributed by atoms with E-state index in [0.29, 0.717) is 29.5 Å². The molecule has 1 aromatic carbocycles. The zero-order chi connectivity index (χ0) is 19.1. The van der Waals surface area contributed by atoms with E-state index < -0.39 is 0 Å². The van der Waals surface area contributed by atoms with Crippen molar-refractivity contribution in [2.45, 2.75) is 13.5 Å². The zero-order valence-corrected chi connectivity index (χ0v) is 16.5. The van der Waals surface area contributed by atoms with Crippen LogP contribution in [0.4, 0.5) is 5.82 Å². The molecule has 1 heterocycles. The van der Waals surface area contributed by atoms with Crippen LogP contribution in [0.1, 0.15) is 22.4 Å². The molecule has 0 aliphatic rings. The van der Waals surface area contributed by atoms with Gasteiger partial charge in [0.25, 0.3) is 0 Å². The zero-order valence-electron chi connectivity index (χ0n) is 15.0. The van der Waals surface area contributed by atoms with Crippen LogP contribution < -0.4 is 14.9 Å². The van der Waals surface area contributed by atoms with Gasteiger partial charge < -0.3 is 14.2 Å². The molecule has 0 saturated carbocycles. The van der Waals surface area contributed by atoms with Gasteiger partial charge in [-0.2, -0.15) is 10.4 Å². The van der Waals surface area contributed by atoms with Crippen LogP contribution in [-0.2, 0) is 11.3 Å². The number of nitriles is 1. The van der Waals surface area contributed by atoms with Crippen molar-refractivity contribution in [3.05, 3.63) is 45.1 Å². The number of nitrogens with one attached hydrogen (secondary N) is 1. The Kier molecular flexibility index (Phi) is 6.95. The number of halogens is 1. The van der Waals surface area contributed by atoms with Gasteiger partial charge in [0, 0.05) is 28.4 Å². The summed E-state index contributed by atoms with van der Waals surface area (Å²) in [5, 5.41) is 13.6. The molecule has 0 unspecified atom stereocenters. The van der Waals surface area contributed by atoms with Gasteiger partial charge in [-0.25, -0.2) is 4.98 Å². The van der Waals surface area contributed by atoms with E-state index in [0.717, 1.165) is 21.3 Å². The Bertz CT molecular complexity index is 862. The number of hydrogen-bond donors (Lipinski definition) is 1. The second kappa shape index (κ2) is 9.17. The second-order valence-corrected chi connectivity index (χ2v) is 6.14. The van der Waals surface area contributed by atoms with E-state index in [1.807, 2.05) is 13.0 Å². The summed E-state index contributed by atoms with van der Waals surface area (Å²) in [6.45, 7) is 2.17. The van der Waals surface area contributed by atoms with Crippen LogP contribution >= 0.6 is 15.9 Å². The predicted octanol–water partition coefficient (Wildman–Crippen LogP) is 3.63. The molecule has 136 valence electrons. The van der Waals surface area contributed by atoms with Crippen molar-refractivity contribution in [1.82, 2.24) is 4.98 Å². The summed E-state index contributed by atoms with van der Waals surface area (Å²) in [6, 6.07) is 7.55. The summed E-state index contributed by atoms with van der Waals surface area (Å²) in [5.41, 5.74) is 5.53. The fourth-order valence-electron chi connectivity index (χ4n) is 2.35. The number of aromatic nitrogens is 1. The first kappa shape index (κ1) is 19.7. The summed E-state index contributed by atoms with van der Waals surface area (Å²) in [5.74, 6) is 1.58. The highest BCUT2D eigenvalue weighted by Crippen LogP contribution is 2.32. The van der Waals surface area contributed by atoms with Gasteiger partial charge in [-0.15, -0.1) is 0 Å². The standard InChI is InChI=1S/C18H19BrN4O3/c1-11-5-13(10-24-2)14(8-20)18(22-11)23-21-9-12-6-16(25-3)17(26-4)7-15(12)19/h5-7,9H,10H2,1-4H3,(H,22,23)/b21-9-. The van der Waals surface area contributed by atoms with Crippen molar-refractivity contribution in [1.29, 1.82) is 5.26 Å². The molecular formula is C18H19BrN4O3. The van der Waals surface area contributed by atoms with E-state index in [9.17, 15) is 5.26 Å². The molecule has 0 saturated heterocycles. The van der Waals surface area contributed by atoms with Crippen molar-refractivity contribution >= 4 is 28.0 Å². The first-order valence-corrected chi connectivity index (χ1v) is 8.43. The number of aryl methyl sites for hydroxylation is 1. The number of benzene rings is 1. The highest BCUT2D eigenvalue weighted by atomic mass is 79.9. The van der Waals surface area contributed by atoms with E-state index >= 15 is 0 Å². The largest absolute Gasteiger partial charge is 0.493 e. The number of pyridine rings is 1. The van der Waals surface area contributed by atoms with Gasteiger partial charge in [-0.1, -0.05) is 0 Å². The van der Waals surface area contributed by atoms with Crippen LogP contribution in [0.25, 0.3) is 0 Å². The first-order valence-electron chi connectivity index (χ1n) is 7.64. The third kappa shape index (κ3) is 4.50. The maximum absolute atomic E-state index is 9.43. The molecule has 2 rings (SSSR count). The molecule has 8 heteroatoms. The summed E-state index contributed by atoms with van der Waals surface area (Å²) in [6.07, 6.45) is 1.60. The third-order valence-electron chi connectivity index (χ3n) is 3.52. The number of nitrogens with zero attached hydrogens (tertiary/aromatic N) is 3. The maximum atomic E-state index is 9.43. The lowest BCUT2D eigenvalue weighted by Crippen LogP contribution is -2.03. The lowest BCUT2D eigenvalue weighted by atomic mass is 10.1. The molecule has 7 nitrogen and oxygen atoms in total. The lowest BCUT2D eigenvalue weighted by molar-refractivity contribution is 0.184. The topological polar surface area (TPSA) is 88.8 Å². The van der Waals surface area contributed by atoms with Gasteiger partial charge in [-0.3, -0.25) is 5.43 Å². The molecule has 26 heavy (non-hydrogen) atoms. The number of methoxy groups -OCH3 is 3. The minimum absolute atomic E-state index is 0.325. The van der Waals surface area contributed by atoms with Crippen LogP contribution in [0.3, 0.4) is 0 Å². The SMILES string of the molecule is COCc1cc(C)nc(N/N=C\c2cc(OC)c(OC)cc2Br)c1C#N. The average molecular weight is 419 g/mol. The van der Waals surface area contributed by atoms with Crippen LogP contribution in [-0.4, -0.2) is 32.5 Å². The maximum Gasteiger partial charge on any atom is 0.164 e. The number of hydrogen-bond acceptors (Lipinski definition) is 7. The van der Waals surface area contributed by atoms with Crippen LogP contribution in [0, 0.1) is 18.3 Å². The van der Waals surface area contributed by atoms with Gasteiger partial charge in [0.15, 0.2) is 17.3 Å². The number of rotatable bonds is 7. The van der Waals surface area contributed by atoms with E-state index in [4.69, 9.17) is 14.2 Å². The molecule has 0 aliphatic heterocycles. The Balaban J connectivity index is 2.30. The van der Waals surface area contributed by atoms with Crippen molar-refractivity contribution in [2.75, 3.05) is 26.8 Å². The van der Waals surface area contributed by atoms with E-state index in [-0.39, 0.29) is 0 Å². The molecule has 0 bridgehead atoms. The van der Waals surface area contributed by atoms with Crippen LogP contribution in [0.2, 0.25) is 0 Å². The minimum atomic E-state index is 0.325. The summed E-state index contributed by atoms with van der Waals surface area (Å²) in [7, 11) is 4.72. The van der Waals surface area contributed by atoms with Gasteiger partial charge >= 0.3 is 0 Å². The van der Waals surface area contributed by atoms with Crippen molar-refractivity contribution in [3.8, 4) is 17.6 Å². The quantitative estimate of drug-likeness (QED) is 0.545. The molecule has 0 spiro atoms. The van der Waals surface area contributed by atoms with E-state index in [1.54, 1.807) is 39.7 Å². The molecule has 1 aromatic heterocycles. The average Bonchev–Trinajstić information content (AvgIpc) is 2.62. The van der Waals surface area contributed by atoms with Gasteiger partial charge in [-0.05, 0) is 41.1 Å². The minimum Gasteiger partial charge on any atom is -0.493 e. The fourth-order valence-corrected chi connectivity index (χ4v) is 2.77. The third-order valence-corrected chi connectivity index (χ3v) is 4.20. The molecule has 0 radical (unpaired) electrons. The summed E-state index contributed by atoms with van der Waals surface area (Å²) < 4.78 is 16.5. The normalized spacial score (nSPS) is 10.6. The van der Waals surface area contributed by atoms with Crippen LogP contribution in [0.15, 0.2) is 27.8 Å². The smallest absolute Gasteiger partial charge is 0.164 e. The molecule has 0 aliphatic carbocycles. The van der Waals surface area contributed by atoms with E-state index in [2.05, 4.69) is 37.5 Å². The molecule has 0 amide bonds. The first-order chi connectivity index (χ1) is 12.5. The number of ether oxygens (including phenoxy) is 3. The number of hydrazone groups is 1. The Morgan fingerprint density at radius 3 is 2.54 bits per heavy atom. The molecule has 0 fully saturated rings. The summed E-state index contributed by atoms with van der Waals surface area (Å²) >= 11 is 3.47. The Morgan fingerprint density at radius 1 is 1.23 bits per heavy atom. The monoisotopic (exact) mass is 418 g/mol. The van der Waals surface area contributed by atoms with Gasteiger partial charge in [0.1, 0.15) is 11.6 Å². The Labute approximate surface area is 160 Å². The van der Waals surface area contributed by atoms with E-state index in [1.165, 1.54) is 0 Å². The number of anilines is 1. The predicted molar refractivity (Wildman–Crippen MR) is 103 cm³/mol. The Morgan fingerprint density at radius 2 is 1.92 bits per heavy atom. The van der Waals surface area contributed by atoms with Gasteiger partial charge in [0.05, 0.1) is 27.0 Å².